The molecule has 1 aliphatic heterocycles. The molecule has 0 bridgehead atoms. The fourth-order valence-electron chi connectivity index (χ4n) is 4.24. The van der Waals surface area contributed by atoms with E-state index in [4.69, 9.17) is 4.52 Å². The molecule has 2 heterocycles. The zero-order chi connectivity index (χ0) is 19.8. The Morgan fingerprint density at radius 2 is 1.72 bits per heavy atom. The predicted octanol–water partition coefficient (Wildman–Crippen LogP) is 4.03. The zero-order valence-corrected chi connectivity index (χ0v) is 16.7. The molecule has 2 fully saturated rings. The van der Waals surface area contributed by atoms with Gasteiger partial charge in [0.25, 0.3) is 0 Å². The average molecular weight is 387 g/mol. The van der Waals surface area contributed by atoms with E-state index in [2.05, 4.69) is 41.2 Å². The lowest BCUT2D eigenvalue weighted by atomic mass is 9.99. The van der Waals surface area contributed by atoms with Crippen LogP contribution in [0, 0.1) is 6.92 Å². The van der Waals surface area contributed by atoms with Crippen molar-refractivity contribution in [2.75, 3.05) is 31.1 Å². The highest BCUT2D eigenvalue weighted by Crippen LogP contribution is 2.50. The number of carbonyl (C=O) groups is 1. The van der Waals surface area contributed by atoms with Crippen molar-refractivity contribution in [2.45, 2.75) is 25.2 Å². The van der Waals surface area contributed by atoms with Gasteiger partial charge in [-0.2, -0.15) is 0 Å². The minimum atomic E-state index is -0.484. The fourth-order valence-corrected chi connectivity index (χ4v) is 4.24. The summed E-state index contributed by atoms with van der Waals surface area (Å²) in [6.45, 7) is 5.33. The third-order valence-corrected chi connectivity index (χ3v) is 6.15. The summed E-state index contributed by atoms with van der Waals surface area (Å²) in [7, 11) is 0. The number of hydrogen-bond acceptors (Lipinski definition) is 4. The standard InChI is InChI=1S/C24H25N3O2/c1-18-6-5-9-20(16-18)26-12-14-27(15-13-26)23(28)24(10-11-24)22-17-21(29-25-22)19-7-3-2-4-8-19/h2-9,16-17H,10-15H2,1H3. The van der Waals surface area contributed by atoms with Crippen LogP contribution in [0.1, 0.15) is 24.1 Å². The number of aromatic nitrogens is 1. The maximum Gasteiger partial charge on any atom is 0.235 e. The van der Waals surface area contributed by atoms with Crippen molar-refractivity contribution >= 4 is 11.6 Å². The first-order chi connectivity index (χ1) is 14.2. The third-order valence-electron chi connectivity index (χ3n) is 6.15. The number of carbonyl (C=O) groups excluding carboxylic acids is 1. The topological polar surface area (TPSA) is 49.6 Å². The lowest BCUT2D eigenvalue weighted by Crippen LogP contribution is -2.51. The summed E-state index contributed by atoms with van der Waals surface area (Å²) < 4.78 is 5.57. The fraction of sp³-hybridized carbons (Fsp3) is 0.333. The van der Waals surface area contributed by atoms with Crippen LogP contribution in [0.4, 0.5) is 5.69 Å². The van der Waals surface area contributed by atoms with Gasteiger partial charge in [0.2, 0.25) is 5.91 Å². The number of rotatable bonds is 4. The van der Waals surface area contributed by atoms with Gasteiger partial charge in [-0.3, -0.25) is 4.79 Å². The third kappa shape index (κ3) is 3.31. The molecule has 2 aliphatic rings. The molecule has 1 aromatic heterocycles. The summed E-state index contributed by atoms with van der Waals surface area (Å²) in [5.41, 5.74) is 3.78. The molecular formula is C24H25N3O2. The second kappa shape index (κ2) is 7.07. The first kappa shape index (κ1) is 18.0. The van der Waals surface area contributed by atoms with Crippen molar-refractivity contribution in [3.63, 3.8) is 0 Å². The summed E-state index contributed by atoms with van der Waals surface area (Å²) in [5.74, 6) is 0.929. The van der Waals surface area contributed by atoms with E-state index >= 15 is 0 Å². The molecule has 1 amide bonds. The first-order valence-corrected chi connectivity index (χ1v) is 10.3. The van der Waals surface area contributed by atoms with Crippen LogP contribution in [0.25, 0.3) is 11.3 Å². The van der Waals surface area contributed by atoms with Gasteiger partial charge >= 0.3 is 0 Å². The van der Waals surface area contributed by atoms with Crippen LogP contribution in [0.5, 0.6) is 0 Å². The molecule has 0 spiro atoms. The van der Waals surface area contributed by atoms with E-state index in [-0.39, 0.29) is 5.91 Å². The number of benzene rings is 2. The van der Waals surface area contributed by atoms with E-state index in [1.54, 1.807) is 0 Å². The molecule has 0 N–H and O–H groups in total. The molecule has 5 heteroatoms. The summed E-state index contributed by atoms with van der Waals surface area (Å²) >= 11 is 0. The largest absolute Gasteiger partial charge is 0.368 e. The Morgan fingerprint density at radius 1 is 0.966 bits per heavy atom. The van der Waals surface area contributed by atoms with Gasteiger partial charge in [0.05, 0.1) is 11.1 Å². The average Bonchev–Trinajstić information content (AvgIpc) is 3.43. The van der Waals surface area contributed by atoms with E-state index in [9.17, 15) is 4.79 Å². The summed E-state index contributed by atoms with van der Waals surface area (Å²) in [6.07, 6.45) is 1.70. The van der Waals surface area contributed by atoms with Gasteiger partial charge in [0.1, 0.15) is 0 Å². The molecule has 5 rings (SSSR count). The lowest BCUT2D eigenvalue weighted by Gasteiger charge is -2.37. The van der Waals surface area contributed by atoms with Gasteiger partial charge in [-0.1, -0.05) is 47.6 Å². The number of aryl methyl sites for hydroxylation is 1. The molecule has 5 nitrogen and oxygen atoms in total. The Hall–Kier alpha value is -3.08. The second-order valence-corrected chi connectivity index (χ2v) is 8.14. The van der Waals surface area contributed by atoms with Crippen molar-refractivity contribution < 1.29 is 9.32 Å². The quantitative estimate of drug-likeness (QED) is 0.678. The molecule has 3 aromatic rings. The molecule has 0 atom stereocenters. The molecule has 148 valence electrons. The molecular weight excluding hydrogens is 362 g/mol. The molecule has 0 unspecified atom stereocenters. The van der Waals surface area contributed by atoms with Gasteiger partial charge < -0.3 is 14.3 Å². The monoisotopic (exact) mass is 387 g/mol. The number of anilines is 1. The Bertz CT molecular complexity index is 1020. The summed E-state index contributed by atoms with van der Waals surface area (Å²) in [5, 5.41) is 4.28. The lowest BCUT2D eigenvalue weighted by molar-refractivity contribution is -0.134. The molecule has 2 aromatic carbocycles. The van der Waals surface area contributed by atoms with Crippen LogP contribution in [-0.4, -0.2) is 42.1 Å². The SMILES string of the molecule is Cc1cccc(N2CCN(C(=O)C3(c4cc(-c5ccccc5)on4)CC3)CC2)c1. The Labute approximate surface area is 170 Å². The van der Waals surface area contributed by atoms with Crippen molar-refractivity contribution in [1.29, 1.82) is 0 Å². The van der Waals surface area contributed by atoms with Gasteiger partial charge in [-0.15, -0.1) is 0 Å². The van der Waals surface area contributed by atoms with Crippen molar-refractivity contribution in [2.24, 2.45) is 0 Å². The Kier molecular flexibility index (Phi) is 4.38. The maximum absolute atomic E-state index is 13.4. The minimum Gasteiger partial charge on any atom is -0.368 e. The minimum absolute atomic E-state index is 0.203. The van der Waals surface area contributed by atoms with E-state index in [0.717, 1.165) is 56.0 Å². The maximum atomic E-state index is 13.4. The highest BCUT2D eigenvalue weighted by atomic mass is 16.5. The number of nitrogens with zero attached hydrogens (tertiary/aromatic N) is 3. The van der Waals surface area contributed by atoms with Crippen LogP contribution in [0.3, 0.4) is 0 Å². The van der Waals surface area contributed by atoms with E-state index in [1.165, 1.54) is 11.3 Å². The predicted molar refractivity (Wildman–Crippen MR) is 113 cm³/mol. The highest BCUT2D eigenvalue weighted by molar-refractivity contribution is 5.91. The van der Waals surface area contributed by atoms with Crippen LogP contribution in [0.15, 0.2) is 65.2 Å². The van der Waals surface area contributed by atoms with Crippen LogP contribution in [-0.2, 0) is 10.2 Å². The first-order valence-electron chi connectivity index (χ1n) is 10.3. The molecule has 1 saturated heterocycles. The summed E-state index contributed by atoms with van der Waals surface area (Å²) in [4.78, 5) is 17.7. The summed E-state index contributed by atoms with van der Waals surface area (Å²) in [6, 6.07) is 20.4. The van der Waals surface area contributed by atoms with Gasteiger partial charge in [-0.05, 0) is 37.5 Å². The van der Waals surface area contributed by atoms with Crippen molar-refractivity contribution in [1.82, 2.24) is 10.1 Å². The molecule has 0 radical (unpaired) electrons. The Morgan fingerprint density at radius 3 is 2.41 bits per heavy atom. The van der Waals surface area contributed by atoms with Gasteiger partial charge in [0, 0.05) is 43.5 Å². The number of amides is 1. The van der Waals surface area contributed by atoms with Crippen molar-refractivity contribution in [3.8, 4) is 11.3 Å². The number of piperazine rings is 1. The highest BCUT2D eigenvalue weighted by Gasteiger charge is 2.55. The van der Waals surface area contributed by atoms with Gasteiger partial charge in [-0.25, -0.2) is 0 Å². The van der Waals surface area contributed by atoms with Crippen LogP contribution < -0.4 is 4.90 Å². The molecule has 1 aliphatic carbocycles. The molecule has 1 saturated carbocycles. The van der Waals surface area contributed by atoms with Crippen LogP contribution in [0.2, 0.25) is 0 Å². The van der Waals surface area contributed by atoms with E-state index in [0.29, 0.717) is 0 Å². The normalized spacial score (nSPS) is 18.0. The second-order valence-electron chi connectivity index (χ2n) is 8.14. The smallest absolute Gasteiger partial charge is 0.235 e. The van der Waals surface area contributed by atoms with E-state index < -0.39 is 5.41 Å². The van der Waals surface area contributed by atoms with Gasteiger partial charge in [0.15, 0.2) is 5.76 Å². The zero-order valence-electron chi connectivity index (χ0n) is 16.7. The molecule has 29 heavy (non-hydrogen) atoms. The van der Waals surface area contributed by atoms with Crippen molar-refractivity contribution in [3.05, 3.63) is 71.9 Å². The number of hydrogen-bond donors (Lipinski definition) is 0. The Balaban J connectivity index is 1.28. The van der Waals surface area contributed by atoms with Crippen LogP contribution >= 0.6 is 0 Å². The van der Waals surface area contributed by atoms with E-state index in [1.807, 2.05) is 41.3 Å².